The molecule has 0 aliphatic rings. The van der Waals surface area contributed by atoms with Gasteiger partial charge in [0.2, 0.25) is 0 Å². The second-order valence-corrected chi connectivity index (χ2v) is 6.06. The number of nitrogens with one attached hydrogen (secondary N) is 1. The monoisotopic (exact) mass is 364 g/mol. The number of rotatable bonds is 8. The largest absolute Gasteiger partial charge is 0.484 e. The quantitative estimate of drug-likeness (QED) is 0.620. The number of hydrogen-bond acceptors (Lipinski definition) is 5. The lowest BCUT2D eigenvalue weighted by Crippen LogP contribution is -2.28. The number of carbonyl (C=O) groups excluding carboxylic acids is 2. The molecule has 0 aliphatic carbocycles. The maximum Gasteiger partial charge on any atom is 0.258 e. The molecule has 3 aromatic rings. The van der Waals surface area contributed by atoms with Gasteiger partial charge >= 0.3 is 0 Å². The van der Waals surface area contributed by atoms with Gasteiger partial charge in [-0.15, -0.1) is 0 Å². The minimum Gasteiger partial charge on any atom is -0.484 e. The number of hydrogen-bond donors (Lipinski definition) is 1. The summed E-state index contributed by atoms with van der Waals surface area (Å²) in [7, 11) is 0. The lowest BCUT2D eigenvalue weighted by molar-refractivity contribution is -0.123. The summed E-state index contributed by atoms with van der Waals surface area (Å²) in [5, 5.41) is 6.88. The van der Waals surface area contributed by atoms with E-state index in [0.29, 0.717) is 24.4 Å². The van der Waals surface area contributed by atoms with Crippen LogP contribution in [0.1, 0.15) is 28.4 Å². The van der Waals surface area contributed by atoms with Gasteiger partial charge in [-0.25, -0.2) is 9.67 Å². The molecule has 1 N–H and O–H groups in total. The SMILES string of the molecule is CC(=O)c1cccc(OCC(=O)NCc2ccc(Cn3cncn3)cc2)c1. The van der Waals surface area contributed by atoms with E-state index in [0.717, 1.165) is 11.1 Å². The summed E-state index contributed by atoms with van der Waals surface area (Å²) in [6.07, 6.45) is 3.17. The molecule has 0 fully saturated rings. The number of aromatic nitrogens is 3. The number of ether oxygens (including phenoxy) is 1. The Balaban J connectivity index is 1.45. The van der Waals surface area contributed by atoms with Gasteiger partial charge in [0, 0.05) is 12.1 Å². The van der Waals surface area contributed by atoms with Crippen molar-refractivity contribution in [2.75, 3.05) is 6.61 Å². The van der Waals surface area contributed by atoms with Gasteiger partial charge in [0.05, 0.1) is 6.54 Å². The fourth-order valence-electron chi connectivity index (χ4n) is 2.47. The normalized spacial score (nSPS) is 10.4. The minimum atomic E-state index is -0.227. The van der Waals surface area contributed by atoms with Gasteiger partial charge in [0.25, 0.3) is 5.91 Å². The first-order valence-corrected chi connectivity index (χ1v) is 8.51. The first-order chi connectivity index (χ1) is 13.1. The smallest absolute Gasteiger partial charge is 0.258 e. The van der Waals surface area contributed by atoms with Crippen LogP contribution >= 0.6 is 0 Å². The van der Waals surface area contributed by atoms with E-state index in [1.165, 1.54) is 13.3 Å². The number of carbonyl (C=O) groups is 2. The zero-order chi connectivity index (χ0) is 19.1. The fourth-order valence-corrected chi connectivity index (χ4v) is 2.47. The van der Waals surface area contributed by atoms with Gasteiger partial charge in [-0.3, -0.25) is 9.59 Å². The molecule has 0 aliphatic heterocycles. The fraction of sp³-hybridized carbons (Fsp3) is 0.200. The van der Waals surface area contributed by atoms with Crippen molar-refractivity contribution in [2.24, 2.45) is 0 Å². The van der Waals surface area contributed by atoms with Crippen molar-refractivity contribution in [1.82, 2.24) is 20.1 Å². The number of amides is 1. The molecule has 3 rings (SSSR count). The van der Waals surface area contributed by atoms with E-state index in [-0.39, 0.29) is 18.3 Å². The molecule has 1 aromatic heterocycles. The molecule has 1 amide bonds. The van der Waals surface area contributed by atoms with Crippen molar-refractivity contribution in [3.8, 4) is 5.75 Å². The predicted molar refractivity (Wildman–Crippen MR) is 99.4 cm³/mol. The molecule has 138 valence electrons. The molecule has 0 saturated carbocycles. The van der Waals surface area contributed by atoms with Gasteiger partial charge in [-0.2, -0.15) is 5.10 Å². The van der Waals surface area contributed by atoms with Crippen LogP contribution in [-0.2, 0) is 17.9 Å². The lowest BCUT2D eigenvalue weighted by atomic mass is 10.1. The van der Waals surface area contributed by atoms with Crippen molar-refractivity contribution in [2.45, 2.75) is 20.0 Å². The maximum absolute atomic E-state index is 12.0. The molecule has 7 nitrogen and oxygen atoms in total. The Morgan fingerprint density at radius 1 is 1.11 bits per heavy atom. The van der Waals surface area contributed by atoms with Gasteiger partial charge in [0.1, 0.15) is 18.4 Å². The van der Waals surface area contributed by atoms with Crippen molar-refractivity contribution >= 4 is 11.7 Å². The Morgan fingerprint density at radius 3 is 2.59 bits per heavy atom. The summed E-state index contributed by atoms with van der Waals surface area (Å²) >= 11 is 0. The second-order valence-electron chi connectivity index (χ2n) is 6.06. The summed E-state index contributed by atoms with van der Waals surface area (Å²) in [5.74, 6) is 0.224. The maximum atomic E-state index is 12.0. The molecule has 2 aromatic carbocycles. The summed E-state index contributed by atoms with van der Waals surface area (Å²) in [6, 6.07) is 14.7. The molecule has 7 heteroatoms. The predicted octanol–water partition coefficient (Wildman–Crippen LogP) is 2.22. The van der Waals surface area contributed by atoms with E-state index in [4.69, 9.17) is 4.74 Å². The van der Waals surface area contributed by atoms with Crippen molar-refractivity contribution < 1.29 is 14.3 Å². The van der Waals surface area contributed by atoms with Crippen LogP contribution in [0.4, 0.5) is 0 Å². The van der Waals surface area contributed by atoms with Gasteiger partial charge in [-0.1, -0.05) is 36.4 Å². The molecule has 0 atom stereocenters. The summed E-state index contributed by atoms with van der Waals surface area (Å²) in [6.45, 7) is 2.45. The Kier molecular flexibility index (Phi) is 5.94. The molecule has 0 unspecified atom stereocenters. The topological polar surface area (TPSA) is 86.1 Å². The van der Waals surface area contributed by atoms with Crippen LogP contribution in [0.15, 0.2) is 61.2 Å². The van der Waals surface area contributed by atoms with E-state index < -0.39 is 0 Å². The first-order valence-electron chi connectivity index (χ1n) is 8.51. The number of ketones is 1. The van der Waals surface area contributed by atoms with Gasteiger partial charge < -0.3 is 10.1 Å². The third-order valence-corrected chi connectivity index (χ3v) is 3.93. The zero-order valence-corrected chi connectivity index (χ0v) is 15.0. The Hall–Kier alpha value is -3.48. The van der Waals surface area contributed by atoms with Gasteiger partial charge in [0.15, 0.2) is 12.4 Å². The number of benzene rings is 2. The third-order valence-electron chi connectivity index (χ3n) is 3.93. The zero-order valence-electron chi connectivity index (χ0n) is 15.0. The molecule has 0 radical (unpaired) electrons. The van der Waals surface area contributed by atoms with E-state index in [1.807, 2.05) is 24.3 Å². The van der Waals surface area contributed by atoms with Crippen LogP contribution in [0.2, 0.25) is 0 Å². The average Bonchev–Trinajstić information content (AvgIpc) is 3.19. The van der Waals surface area contributed by atoms with Crippen LogP contribution in [0.5, 0.6) is 5.75 Å². The van der Waals surface area contributed by atoms with Crippen LogP contribution in [0.25, 0.3) is 0 Å². The highest BCUT2D eigenvalue weighted by Gasteiger charge is 2.05. The van der Waals surface area contributed by atoms with Crippen molar-refractivity contribution in [1.29, 1.82) is 0 Å². The number of nitrogens with zero attached hydrogens (tertiary/aromatic N) is 3. The summed E-state index contributed by atoms with van der Waals surface area (Å²) in [4.78, 5) is 27.2. The van der Waals surface area contributed by atoms with E-state index in [9.17, 15) is 9.59 Å². The molecular weight excluding hydrogens is 344 g/mol. The van der Waals surface area contributed by atoms with Crippen LogP contribution in [-0.4, -0.2) is 33.1 Å². The van der Waals surface area contributed by atoms with Crippen LogP contribution in [0, 0.1) is 0 Å². The minimum absolute atomic E-state index is 0.0443. The summed E-state index contributed by atoms with van der Waals surface area (Å²) < 4.78 is 7.19. The Morgan fingerprint density at radius 2 is 1.89 bits per heavy atom. The molecule has 0 saturated heterocycles. The first kappa shape index (κ1) is 18.3. The van der Waals surface area contributed by atoms with E-state index in [2.05, 4.69) is 15.4 Å². The molecule has 0 spiro atoms. The van der Waals surface area contributed by atoms with Gasteiger partial charge in [-0.05, 0) is 30.2 Å². The third kappa shape index (κ3) is 5.50. The summed E-state index contributed by atoms with van der Waals surface area (Å²) in [5.41, 5.74) is 2.65. The van der Waals surface area contributed by atoms with Crippen LogP contribution < -0.4 is 10.1 Å². The molecule has 27 heavy (non-hydrogen) atoms. The van der Waals surface area contributed by atoms with E-state index in [1.54, 1.807) is 35.3 Å². The highest BCUT2D eigenvalue weighted by Crippen LogP contribution is 2.13. The van der Waals surface area contributed by atoms with Crippen molar-refractivity contribution in [3.05, 3.63) is 77.9 Å². The van der Waals surface area contributed by atoms with E-state index >= 15 is 0 Å². The highest BCUT2D eigenvalue weighted by molar-refractivity contribution is 5.94. The molecule has 1 heterocycles. The van der Waals surface area contributed by atoms with Crippen LogP contribution in [0.3, 0.4) is 0 Å². The lowest BCUT2D eigenvalue weighted by Gasteiger charge is -2.09. The average molecular weight is 364 g/mol. The molecule has 0 bridgehead atoms. The Labute approximate surface area is 157 Å². The molecular formula is C20H20N4O3. The van der Waals surface area contributed by atoms with Crippen molar-refractivity contribution in [3.63, 3.8) is 0 Å². The Bertz CT molecular complexity index is 905. The highest BCUT2D eigenvalue weighted by atomic mass is 16.5. The number of Topliss-reactive ketones (excluding diaryl/α,β-unsaturated/α-hetero) is 1. The standard InChI is InChI=1S/C20H20N4O3/c1-15(25)18-3-2-4-19(9-18)27-12-20(26)22-10-16-5-7-17(8-6-16)11-24-14-21-13-23-24/h2-9,13-14H,10-12H2,1H3,(H,22,26). The second kappa shape index (κ2) is 8.75.